The smallest absolute Gasteiger partial charge is 0.234 e. The number of anilines is 2. The van der Waals surface area contributed by atoms with Crippen LogP contribution in [0.1, 0.15) is 17.0 Å². The fraction of sp³-hybridized carbons (Fsp3) is 0.250. The molecule has 4 N–H and O–H groups in total. The Morgan fingerprint density at radius 1 is 1.28 bits per heavy atom. The minimum absolute atomic E-state index is 0.150. The van der Waals surface area contributed by atoms with E-state index in [1.54, 1.807) is 0 Å². The zero-order chi connectivity index (χ0) is 18.0. The Morgan fingerprint density at radius 3 is 2.64 bits per heavy atom. The van der Waals surface area contributed by atoms with Gasteiger partial charge in [-0.2, -0.15) is 10.1 Å². The number of nitrogens with zero attached hydrogens (tertiary/aromatic N) is 4. The predicted octanol–water partition coefficient (Wildman–Crippen LogP) is 2.23. The van der Waals surface area contributed by atoms with Gasteiger partial charge < -0.3 is 11.1 Å². The Morgan fingerprint density at radius 2 is 2.00 bits per heavy atom. The van der Waals surface area contributed by atoms with Crippen LogP contribution in [-0.2, 0) is 4.79 Å². The third kappa shape index (κ3) is 3.82. The Labute approximate surface area is 149 Å². The number of rotatable bonds is 5. The zero-order valence-electron chi connectivity index (χ0n) is 14.2. The van der Waals surface area contributed by atoms with Gasteiger partial charge in [-0.05, 0) is 32.9 Å². The number of carbonyl (C=O) groups excluding carboxylic acids is 1. The van der Waals surface area contributed by atoms with Crippen molar-refractivity contribution >= 4 is 29.3 Å². The standard InChI is InChI=1S/C16H19N7OS/c1-9-4-6-12(7-5-9)23-11(3)14(10(2)22-23)18-13(24)8-25-16-19-15(17)20-21-16/h4-7H,8H2,1-3H3,(H,18,24)(H3,17,19,20,21). The summed E-state index contributed by atoms with van der Waals surface area (Å²) >= 11 is 1.21. The Bertz CT molecular complexity index is 898. The number of nitrogen functional groups attached to an aromatic ring is 1. The van der Waals surface area contributed by atoms with E-state index in [0.29, 0.717) is 5.16 Å². The minimum atomic E-state index is -0.150. The van der Waals surface area contributed by atoms with Gasteiger partial charge in [-0.1, -0.05) is 29.5 Å². The molecule has 9 heteroatoms. The lowest BCUT2D eigenvalue weighted by molar-refractivity contribution is -0.113. The van der Waals surface area contributed by atoms with Crippen molar-refractivity contribution in [1.29, 1.82) is 0 Å². The molecule has 0 atom stereocenters. The SMILES string of the molecule is Cc1ccc(-n2nc(C)c(NC(=O)CSc3n[nH]c(N)n3)c2C)cc1. The molecule has 1 aromatic carbocycles. The van der Waals surface area contributed by atoms with Gasteiger partial charge in [-0.3, -0.25) is 4.79 Å². The Balaban J connectivity index is 1.72. The van der Waals surface area contributed by atoms with Gasteiger partial charge in [-0.15, -0.1) is 5.10 Å². The van der Waals surface area contributed by atoms with Crippen LogP contribution in [0.4, 0.5) is 11.6 Å². The van der Waals surface area contributed by atoms with Gasteiger partial charge in [0, 0.05) is 0 Å². The number of hydrogen-bond donors (Lipinski definition) is 3. The lowest BCUT2D eigenvalue weighted by Gasteiger charge is -2.07. The topological polar surface area (TPSA) is 115 Å². The van der Waals surface area contributed by atoms with Gasteiger partial charge in [0.15, 0.2) is 0 Å². The lowest BCUT2D eigenvalue weighted by Crippen LogP contribution is -2.15. The van der Waals surface area contributed by atoms with Crippen LogP contribution in [0.3, 0.4) is 0 Å². The largest absolute Gasteiger partial charge is 0.368 e. The summed E-state index contributed by atoms with van der Waals surface area (Å²) in [7, 11) is 0. The molecule has 2 aromatic heterocycles. The molecule has 0 saturated heterocycles. The molecule has 0 spiro atoms. The molecule has 25 heavy (non-hydrogen) atoms. The molecular formula is C16H19N7OS. The fourth-order valence-electron chi connectivity index (χ4n) is 2.39. The molecule has 2 heterocycles. The summed E-state index contributed by atoms with van der Waals surface area (Å²) in [4.78, 5) is 16.2. The monoisotopic (exact) mass is 357 g/mol. The van der Waals surface area contributed by atoms with Crippen molar-refractivity contribution in [3.63, 3.8) is 0 Å². The van der Waals surface area contributed by atoms with Crippen LogP contribution in [0.2, 0.25) is 0 Å². The van der Waals surface area contributed by atoms with Crippen molar-refractivity contribution < 1.29 is 4.79 Å². The molecule has 0 saturated carbocycles. The number of hydrogen-bond acceptors (Lipinski definition) is 6. The van der Waals surface area contributed by atoms with Crippen molar-refractivity contribution in [1.82, 2.24) is 25.0 Å². The van der Waals surface area contributed by atoms with Gasteiger partial charge in [0.2, 0.25) is 17.0 Å². The number of nitrogens with two attached hydrogens (primary N) is 1. The number of carbonyl (C=O) groups is 1. The van der Waals surface area contributed by atoms with Crippen LogP contribution in [0, 0.1) is 20.8 Å². The van der Waals surface area contributed by atoms with E-state index < -0.39 is 0 Å². The molecule has 0 aliphatic rings. The molecule has 0 bridgehead atoms. The first-order valence-corrected chi connectivity index (χ1v) is 8.66. The molecule has 130 valence electrons. The summed E-state index contributed by atoms with van der Waals surface area (Å²) in [6, 6.07) is 8.07. The first-order valence-electron chi connectivity index (χ1n) is 7.68. The summed E-state index contributed by atoms with van der Waals surface area (Å²) < 4.78 is 1.83. The van der Waals surface area contributed by atoms with E-state index in [9.17, 15) is 4.79 Å². The number of H-pyrrole nitrogens is 1. The number of aryl methyl sites for hydroxylation is 2. The van der Waals surface area contributed by atoms with E-state index in [4.69, 9.17) is 5.73 Å². The van der Waals surface area contributed by atoms with Crippen LogP contribution >= 0.6 is 11.8 Å². The summed E-state index contributed by atoms with van der Waals surface area (Å²) in [6.07, 6.45) is 0. The number of aromatic nitrogens is 5. The molecule has 0 radical (unpaired) electrons. The highest BCUT2D eigenvalue weighted by atomic mass is 32.2. The van der Waals surface area contributed by atoms with Crippen LogP contribution < -0.4 is 11.1 Å². The third-order valence-electron chi connectivity index (χ3n) is 3.65. The number of amides is 1. The quantitative estimate of drug-likeness (QED) is 0.603. The molecule has 0 aliphatic heterocycles. The van der Waals surface area contributed by atoms with E-state index in [2.05, 4.69) is 25.6 Å². The molecule has 0 aliphatic carbocycles. The lowest BCUT2D eigenvalue weighted by atomic mass is 10.2. The first kappa shape index (κ1) is 17.0. The van der Waals surface area contributed by atoms with Crippen molar-refractivity contribution in [3.8, 4) is 5.69 Å². The van der Waals surface area contributed by atoms with E-state index in [0.717, 1.165) is 22.8 Å². The van der Waals surface area contributed by atoms with E-state index in [1.807, 2.05) is 49.7 Å². The van der Waals surface area contributed by atoms with Crippen LogP contribution in [0.15, 0.2) is 29.4 Å². The van der Waals surface area contributed by atoms with Crippen LogP contribution in [-0.4, -0.2) is 36.6 Å². The normalized spacial score (nSPS) is 10.8. The van der Waals surface area contributed by atoms with Crippen LogP contribution in [0.5, 0.6) is 0 Å². The zero-order valence-corrected chi connectivity index (χ0v) is 15.0. The van der Waals surface area contributed by atoms with E-state index in [1.165, 1.54) is 17.3 Å². The minimum Gasteiger partial charge on any atom is -0.368 e. The van der Waals surface area contributed by atoms with Gasteiger partial charge in [-0.25, -0.2) is 9.78 Å². The summed E-state index contributed by atoms with van der Waals surface area (Å²) in [5, 5.41) is 14.3. The summed E-state index contributed by atoms with van der Waals surface area (Å²) in [6.45, 7) is 5.84. The highest BCUT2D eigenvalue weighted by Gasteiger charge is 2.16. The van der Waals surface area contributed by atoms with Crippen molar-refractivity contribution in [2.75, 3.05) is 16.8 Å². The van der Waals surface area contributed by atoms with Gasteiger partial charge in [0.1, 0.15) is 0 Å². The molecule has 0 unspecified atom stereocenters. The summed E-state index contributed by atoms with van der Waals surface area (Å²) in [5.41, 5.74) is 9.96. The average Bonchev–Trinajstić information content (AvgIpc) is 3.12. The predicted molar refractivity (Wildman–Crippen MR) is 97.9 cm³/mol. The molecule has 3 aromatic rings. The third-order valence-corrected chi connectivity index (χ3v) is 4.50. The second-order valence-electron chi connectivity index (χ2n) is 5.63. The Hall–Kier alpha value is -2.81. The maximum absolute atomic E-state index is 12.2. The number of thioether (sulfide) groups is 1. The Kier molecular flexibility index (Phi) is 4.75. The van der Waals surface area contributed by atoms with E-state index >= 15 is 0 Å². The molecule has 8 nitrogen and oxygen atoms in total. The molecular weight excluding hydrogens is 338 g/mol. The van der Waals surface area contributed by atoms with Gasteiger partial charge >= 0.3 is 0 Å². The van der Waals surface area contributed by atoms with Gasteiger partial charge in [0.05, 0.1) is 28.5 Å². The van der Waals surface area contributed by atoms with Crippen molar-refractivity contribution in [2.24, 2.45) is 0 Å². The molecule has 1 amide bonds. The van der Waals surface area contributed by atoms with Gasteiger partial charge in [0.25, 0.3) is 0 Å². The molecule has 3 rings (SSSR count). The highest BCUT2D eigenvalue weighted by molar-refractivity contribution is 7.99. The average molecular weight is 357 g/mol. The second kappa shape index (κ2) is 6.98. The maximum atomic E-state index is 12.2. The number of benzene rings is 1. The highest BCUT2D eigenvalue weighted by Crippen LogP contribution is 2.23. The van der Waals surface area contributed by atoms with Crippen molar-refractivity contribution in [3.05, 3.63) is 41.2 Å². The van der Waals surface area contributed by atoms with E-state index in [-0.39, 0.29) is 17.6 Å². The maximum Gasteiger partial charge on any atom is 0.234 e. The first-order chi connectivity index (χ1) is 11.9. The number of nitrogens with one attached hydrogen (secondary N) is 2. The second-order valence-corrected chi connectivity index (χ2v) is 6.58. The fourth-order valence-corrected chi connectivity index (χ4v) is 2.99. The number of aromatic amines is 1. The molecule has 0 fully saturated rings. The van der Waals surface area contributed by atoms with Crippen LogP contribution in [0.25, 0.3) is 5.69 Å². The van der Waals surface area contributed by atoms with Crippen molar-refractivity contribution in [2.45, 2.75) is 25.9 Å². The summed E-state index contributed by atoms with van der Waals surface area (Å²) in [5.74, 6) is 0.267.